The number of halogens is 3. The van der Waals surface area contributed by atoms with E-state index >= 15 is 0 Å². The normalized spacial score (nSPS) is 11.7. The van der Waals surface area contributed by atoms with Crippen LogP contribution in [0.25, 0.3) is 5.82 Å². The van der Waals surface area contributed by atoms with Crippen molar-refractivity contribution in [2.45, 2.75) is 39.5 Å². The Bertz CT molecular complexity index is 1040. The van der Waals surface area contributed by atoms with Crippen molar-refractivity contribution in [2.24, 2.45) is 0 Å². The molecule has 0 radical (unpaired) electrons. The quantitative estimate of drug-likeness (QED) is 0.557. The van der Waals surface area contributed by atoms with Crippen LogP contribution in [0.15, 0.2) is 48.8 Å². The van der Waals surface area contributed by atoms with Gasteiger partial charge in [-0.05, 0) is 42.7 Å². The Morgan fingerprint density at radius 2 is 1.97 bits per heavy atom. The average molecular weight is 432 g/mol. The van der Waals surface area contributed by atoms with Crippen molar-refractivity contribution in [1.82, 2.24) is 14.8 Å². The number of anilines is 1. The number of ether oxygens (including phenoxy) is 1. The van der Waals surface area contributed by atoms with Crippen molar-refractivity contribution in [2.75, 3.05) is 11.9 Å². The highest BCUT2D eigenvalue weighted by molar-refractivity contribution is 6.05. The Kier molecular flexibility index (Phi) is 6.74. The Morgan fingerprint density at radius 1 is 1.19 bits per heavy atom. The second-order valence-electron chi connectivity index (χ2n) is 7.20. The van der Waals surface area contributed by atoms with E-state index < -0.39 is 11.7 Å². The molecule has 2 aromatic heterocycles. The van der Waals surface area contributed by atoms with Crippen LogP contribution in [0.3, 0.4) is 0 Å². The fraction of sp³-hybridized carbons (Fsp3) is 0.318. The summed E-state index contributed by atoms with van der Waals surface area (Å²) < 4.78 is 45.2. The van der Waals surface area contributed by atoms with Gasteiger partial charge in [0.05, 0.1) is 29.6 Å². The van der Waals surface area contributed by atoms with Gasteiger partial charge in [-0.1, -0.05) is 26.0 Å². The second kappa shape index (κ2) is 9.30. The number of nitrogens with one attached hydrogen (secondary N) is 1. The number of alkyl halides is 3. The molecule has 164 valence electrons. The number of carbonyl (C=O) groups is 1. The molecule has 0 saturated heterocycles. The maximum absolute atomic E-state index is 12.9. The van der Waals surface area contributed by atoms with E-state index in [1.807, 2.05) is 39.0 Å². The first-order chi connectivity index (χ1) is 14.7. The highest BCUT2D eigenvalue weighted by Crippen LogP contribution is 2.29. The molecule has 1 amide bonds. The first-order valence-electron chi connectivity index (χ1n) is 9.80. The second-order valence-corrected chi connectivity index (χ2v) is 7.20. The summed E-state index contributed by atoms with van der Waals surface area (Å²) in [4.78, 5) is 16.8. The van der Waals surface area contributed by atoms with E-state index in [0.29, 0.717) is 30.2 Å². The lowest BCUT2D eigenvalue weighted by molar-refractivity contribution is -0.137. The van der Waals surface area contributed by atoms with Gasteiger partial charge in [0.1, 0.15) is 0 Å². The van der Waals surface area contributed by atoms with Crippen molar-refractivity contribution in [3.8, 4) is 5.82 Å². The van der Waals surface area contributed by atoms with Gasteiger partial charge in [0, 0.05) is 18.5 Å². The van der Waals surface area contributed by atoms with Gasteiger partial charge in [0.2, 0.25) is 0 Å². The van der Waals surface area contributed by atoms with Crippen LogP contribution in [-0.2, 0) is 17.5 Å². The smallest absolute Gasteiger partial charge is 0.377 e. The largest absolute Gasteiger partial charge is 0.417 e. The Morgan fingerprint density at radius 3 is 2.58 bits per heavy atom. The molecule has 0 fully saturated rings. The lowest BCUT2D eigenvalue weighted by Gasteiger charge is -2.13. The molecule has 31 heavy (non-hydrogen) atoms. The highest BCUT2D eigenvalue weighted by atomic mass is 19.4. The van der Waals surface area contributed by atoms with Gasteiger partial charge < -0.3 is 10.1 Å². The van der Waals surface area contributed by atoms with E-state index in [1.165, 1.54) is 16.9 Å². The van der Waals surface area contributed by atoms with Gasteiger partial charge in [0.25, 0.3) is 5.91 Å². The van der Waals surface area contributed by atoms with Crippen molar-refractivity contribution in [3.05, 3.63) is 71.2 Å². The minimum Gasteiger partial charge on any atom is -0.377 e. The van der Waals surface area contributed by atoms with Crippen LogP contribution in [0, 0.1) is 0 Å². The lowest BCUT2D eigenvalue weighted by atomic mass is 10.1. The van der Waals surface area contributed by atoms with Crippen LogP contribution >= 0.6 is 0 Å². The lowest BCUT2D eigenvalue weighted by Crippen LogP contribution is -2.16. The molecule has 0 bridgehead atoms. The monoisotopic (exact) mass is 432 g/mol. The molecule has 0 spiro atoms. The molecule has 0 atom stereocenters. The Balaban J connectivity index is 1.87. The predicted molar refractivity (Wildman–Crippen MR) is 110 cm³/mol. The highest BCUT2D eigenvalue weighted by Gasteiger charge is 2.31. The molecular weight excluding hydrogens is 409 g/mol. The van der Waals surface area contributed by atoms with Crippen LogP contribution in [0.1, 0.15) is 53.9 Å². The summed E-state index contributed by atoms with van der Waals surface area (Å²) in [5.74, 6) is -0.290. The molecule has 2 heterocycles. The number of rotatable bonds is 7. The van der Waals surface area contributed by atoms with Gasteiger partial charge in [-0.2, -0.15) is 18.3 Å². The van der Waals surface area contributed by atoms with Gasteiger partial charge >= 0.3 is 6.18 Å². The van der Waals surface area contributed by atoms with Gasteiger partial charge in [0.15, 0.2) is 5.82 Å². The van der Waals surface area contributed by atoms with Gasteiger partial charge in [-0.15, -0.1) is 0 Å². The van der Waals surface area contributed by atoms with Crippen LogP contribution in [-0.4, -0.2) is 27.3 Å². The third-order valence-corrected chi connectivity index (χ3v) is 4.55. The molecular formula is C22H23F3N4O2. The third kappa shape index (κ3) is 5.29. The van der Waals surface area contributed by atoms with E-state index in [0.717, 1.165) is 17.8 Å². The van der Waals surface area contributed by atoms with Gasteiger partial charge in [-0.25, -0.2) is 9.67 Å². The van der Waals surface area contributed by atoms with Crippen molar-refractivity contribution < 1.29 is 22.7 Å². The molecule has 9 heteroatoms. The zero-order valence-corrected chi connectivity index (χ0v) is 17.4. The molecule has 3 rings (SSSR count). The molecule has 1 aromatic carbocycles. The van der Waals surface area contributed by atoms with E-state index in [2.05, 4.69) is 15.4 Å². The molecule has 0 aliphatic heterocycles. The molecule has 3 aromatic rings. The number of benzene rings is 1. The van der Waals surface area contributed by atoms with Crippen LogP contribution in [0.5, 0.6) is 0 Å². The molecule has 0 aliphatic rings. The first kappa shape index (κ1) is 22.5. The maximum atomic E-state index is 12.9. The summed E-state index contributed by atoms with van der Waals surface area (Å²) in [5.41, 5.74) is 1.56. The van der Waals surface area contributed by atoms with Crippen molar-refractivity contribution in [3.63, 3.8) is 0 Å². The van der Waals surface area contributed by atoms with E-state index in [-0.39, 0.29) is 17.6 Å². The van der Waals surface area contributed by atoms with E-state index in [4.69, 9.17) is 4.74 Å². The number of nitrogens with zero attached hydrogens (tertiary/aromatic N) is 3. The number of hydrogen-bond donors (Lipinski definition) is 1. The molecule has 1 N–H and O–H groups in total. The SMILES string of the molecule is CCOCc1cccc(NC(=O)c2cnn(-c3ccc(C(F)(F)F)cn3)c2C(C)C)c1. The minimum absolute atomic E-state index is 0.128. The third-order valence-electron chi connectivity index (χ3n) is 4.55. The summed E-state index contributed by atoms with van der Waals surface area (Å²) in [6.45, 7) is 6.68. The zero-order valence-electron chi connectivity index (χ0n) is 17.4. The predicted octanol–water partition coefficient (Wildman–Crippen LogP) is 5.20. The van der Waals surface area contributed by atoms with E-state index in [9.17, 15) is 18.0 Å². The Labute approximate surface area is 178 Å². The van der Waals surface area contributed by atoms with Crippen molar-refractivity contribution >= 4 is 11.6 Å². The standard InChI is InChI=1S/C22H23F3N4O2/c1-4-31-13-15-6-5-7-17(10-15)28-21(30)18-12-27-29(20(18)14(2)3)19-9-8-16(11-26-19)22(23,24)25/h5-12,14H,4,13H2,1-3H3,(H,28,30). The average Bonchev–Trinajstić information content (AvgIpc) is 3.18. The van der Waals surface area contributed by atoms with Crippen LogP contribution < -0.4 is 5.32 Å². The molecule has 6 nitrogen and oxygen atoms in total. The number of aromatic nitrogens is 3. The van der Waals surface area contributed by atoms with Crippen molar-refractivity contribution in [1.29, 1.82) is 0 Å². The topological polar surface area (TPSA) is 69.0 Å². The molecule has 0 aliphatic carbocycles. The zero-order chi connectivity index (χ0) is 22.6. The maximum Gasteiger partial charge on any atom is 0.417 e. The number of pyridine rings is 1. The summed E-state index contributed by atoms with van der Waals surface area (Å²) in [5, 5.41) is 7.06. The van der Waals surface area contributed by atoms with Gasteiger partial charge in [-0.3, -0.25) is 4.79 Å². The summed E-state index contributed by atoms with van der Waals surface area (Å²) in [6.07, 6.45) is -2.32. The first-order valence-corrected chi connectivity index (χ1v) is 9.80. The Hall–Kier alpha value is -3.20. The fourth-order valence-corrected chi connectivity index (χ4v) is 3.11. The number of amides is 1. The summed E-state index contributed by atoms with van der Waals surface area (Å²) in [7, 11) is 0. The molecule has 0 unspecified atom stereocenters. The van der Waals surface area contributed by atoms with Crippen LogP contribution in [0.4, 0.5) is 18.9 Å². The van der Waals surface area contributed by atoms with E-state index in [1.54, 1.807) is 6.07 Å². The number of hydrogen-bond acceptors (Lipinski definition) is 4. The number of carbonyl (C=O) groups excluding carboxylic acids is 1. The fourth-order valence-electron chi connectivity index (χ4n) is 3.11. The minimum atomic E-state index is -4.47. The summed E-state index contributed by atoms with van der Waals surface area (Å²) in [6, 6.07) is 9.50. The summed E-state index contributed by atoms with van der Waals surface area (Å²) >= 11 is 0. The molecule has 0 saturated carbocycles. The van der Waals surface area contributed by atoms with Crippen LogP contribution in [0.2, 0.25) is 0 Å².